The van der Waals surface area contributed by atoms with E-state index in [9.17, 15) is 0 Å². The quantitative estimate of drug-likeness (QED) is 0.716. The van der Waals surface area contributed by atoms with Crippen molar-refractivity contribution in [3.05, 3.63) is 34.4 Å². The molecule has 2 rings (SSSR count). The molecule has 1 aromatic rings. The number of fused-ring (bicyclic) bond motifs is 1. The highest BCUT2D eigenvalue weighted by Gasteiger charge is 2.25. The minimum Gasteiger partial charge on any atom is -0.376 e. The normalized spacial score (nSPS) is 21.1. The van der Waals surface area contributed by atoms with Crippen LogP contribution in [0, 0.1) is 0 Å². The van der Waals surface area contributed by atoms with Gasteiger partial charge >= 0.3 is 0 Å². The SMILES string of the molecule is CCC(C)c1cc2c(cc1C(C)(C)C)C(C)COC2. The number of benzene rings is 1. The van der Waals surface area contributed by atoms with Crippen molar-refractivity contribution in [3.63, 3.8) is 0 Å². The molecule has 19 heavy (non-hydrogen) atoms. The third-order valence-corrected chi connectivity index (χ3v) is 4.42. The molecule has 1 aromatic carbocycles. The highest BCUT2D eigenvalue weighted by molar-refractivity contribution is 5.45. The third-order valence-electron chi connectivity index (χ3n) is 4.42. The van der Waals surface area contributed by atoms with E-state index in [1.165, 1.54) is 28.7 Å². The molecule has 1 nitrogen and oxygen atoms in total. The minimum atomic E-state index is 0.214. The lowest BCUT2D eigenvalue weighted by Gasteiger charge is -2.31. The summed E-state index contributed by atoms with van der Waals surface area (Å²) in [6.07, 6.45) is 1.19. The van der Waals surface area contributed by atoms with E-state index in [4.69, 9.17) is 4.74 Å². The number of hydrogen-bond acceptors (Lipinski definition) is 1. The molecule has 106 valence electrons. The topological polar surface area (TPSA) is 9.23 Å². The van der Waals surface area contributed by atoms with Crippen LogP contribution in [-0.4, -0.2) is 6.61 Å². The second kappa shape index (κ2) is 5.28. The average Bonchev–Trinajstić information content (AvgIpc) is 2.36. The number of hydrogen-bond donors (Lipinski definition) is 0. The molecule has 1 heterocycles. The largest absolute Gasteiger partial charge is 0.376 e. The van der Waals surface area contributed by atoms with Crippen molar-refractivity contribution in [2.75, 3.05) is 6.61 Å². The van der Waals surface area contributed by atoms with Crippen LogP contribution in [0.5, 0.6) is 0 Å². The standard InChI is InChI=1S/C18H28O/c1-7-12(2)16-8-14-11-19-10-13(3)15(14)9-17(16)18(4,5)6/h8-9,12-13H,7,10-11H2,1-6H3. The van der Waals surface area contributed by atoms with Crippen LogP contribution in [0.15, 0.2) is 12.1 Å². The van der Waals surface area contributed by atoms with Crippen molar-refractivity contribution in [3.8, 4) is 0 Å². The smallest absolute Gasteiger partial charge is 0.0720 e. The maximum absolute atomic E-state index is 5.70. The Kier molecular flexibility index (Phi) is 4.06. The van der Waals surface area contributed by atoms with Gasteiger partial charge < -0.3 is 4.74 Å². The first-order valence-electron chi connectivity index (χ1n) is 7.59. The minimum absolute atomic E-state index is 0.214. The first-order valence-corrected chi connectivity index (χ1v) is 7.59. The fourth-order valence-corrected chi connectivity index (χ4v) is 2.98. The molecular formula is C18H28O. The Morgan fingerprint density at radius 1 is 1.32 bits per heavy atom. The van der Waals surface area contributed by atoms with E-state index in [1.54, 1.807) is 0 Å². The lowest BCUT2D eigenvalue weighted by Crippen LogP contribution is -2.21. The van der Waals surface area contributed by atoms with Gasteiger partial charge in [-0.3, -0.25) is 0 Å². The molecule has 0 saturated heterocycles. The molecule has 2 unspecified atom stereocenters. The van der Waals surface area contributed by atoms with E-state index >= 15 is 0 Å². The highest BCUT2D eigenvalue weighted by Crippen LogP contribution is 2.37. The van der Waals surface area contributed by atoms with Crippen LogP contribution < -0.4 is 0 Å². The number of rotatable bonds is 2. The zero-order valence-corrected chi connectivity index (χ0v) is 13.3. The molecule has 2 atom stereocenters. The summed E-state index contributed by atoms with van der Waals surface area (Å²) in [7, 11) is 0. The van der Waals surface area contributed by atoms with Crippen LogP contribution in [-0.2, 0) is 16.8 Å². The lowest BCUT2D eigenvalue weighted by molar-refractivity contribution is 0.0949. The van der Waals surface area contributed by atoms with Gasteiger partial charge in [-0.1, -0.05) is 53.7 Å². The van der Waals surface area contributed by atoms with Gasteiger partial charge in [-0.25, -0.2) is 0 Å². The van der Waals surface area contributed by atoms with Crippen molar-refractivity contribution in [2.45, 2.75) is 71.8 Å². The predicted octanol–water partition coefficient (Wildman–Crippen LogP) is 5.13. The van der Waals surface area contributed by atoms with Crippen molar-refractivity contribution in [2.24, 2.45) is 0 Å². The van der Waals surface area contributed by atoms with E-state index in [2.05, 4.69) is 53.7 Å². The van der Waals surface area contributed by atoms with Gasteiger partial charge in [0.15, 0.2) is 0 Å². The van der Waals surface area contributed by atoms with Gasteiger partial charge in [0.1, 0.15) is 0 Å². The Morgan fingerprint density at radius 2 is 2.00 bits per heavy atom. The van der Waals surface area contributed by atoms with Gasteiger partial charge in [0.05, 0.1) is 13.2 Å². The molecule has 0 amide bonds. The molecule has 1 aliphatic rings. The molecule has 0 aliphatic carbocycles. The number of ether oxygens (including phenoxy) is 1. The Labute approximate surface area is 118 Å². The Hall–Kier alpha value is -0.820. The predicted molar refractivity (Wildman–Crippen MR) is 81.9 cm³/mol. The summed E-state index contributed by atoms with van der Waals surface area (Å²) in [4.78, 5) is 0. The zero-order valence-electron chi connectivity index (χ0n) is 13.3. The zero-order chi connectivity index (χ0) is 14.2. The van der Waals surface area contributed by atoms with Crippen molar-refractivity contribution in [1.82, 2.24) is 0 Å². The first kappa shape index (κ1) is 14.6. The van der Waals surface area contributed by atoms with Crippen LogP contribution in [0.25, 0.3) is 0 Å². The van der Waals surface area contributed by atoms with Crippen molar-refractivity contribution >= 4 is 0 Å². The lowest BCUT2D eigenvalue weighted by atomic mass is 9.76. The molecule has 0 radical (unpaired) electrons. The summed E-state index contributed by atoms with van der Waals surface area (Å²) < 4.78 is 5.70. The first-order chi connectivity index (χ1) is 8.84. The summed E-state index contributed by atoms with van der Waals surface area (Å²) in [6.45, 7) is 15.5. The molecule has 0 aromatic heterocycles. The summed E-state index contributed by atoms with van der Waals surface area (Å²) in [5.41, 5.74) is 6.16. The Balaban J connectivity index is 2.59. The second-order valence-corrected chi connectivity index (χ2v) is 7.11. The van der Waals surface area contributed by atoms with Gasteiger partial charge in [-0.05, 0) is 40.0 Å². The van der Waals surface area contributed by atoms with Crippen LogP contribution >= 0.6 is 0 Å². The molecule has 1 aliphatic heterocycles. The highest BCUT2D eigenvalue weighted by atomic mass is 16.5. The molecular weight excluding hydrogens is 232 g/mol. The summed E-state index contributed by atoms with van der Waals surface area (Å²) in [6, 6.07) is 4.88. The maximum atomic E-state index is 5.70. The van der Waals surface area contributed by atoms with Crippen molar-refractivity contribution < 1.29 is 4.74 Å². The van der Waals surface area contributed by atoms with Gasteiger partial charge in [0, 0.05) is 5.92 Å². The molecule has 1 heteroatoms. The third kappa shape index (κ3) is 2.86. The summed E-state index contributed by atoms with van der Waals surface area (Å²) in [5, 5.41) is 0. The fraction of sp³-hybridized carbons (Fsp3) is 0.667. The average molecular weight is 260 g/mol. The summed E-state index contributed by atoms with van der Waals surface area (Å²) >= 11 is 0. The molecule has 0 spiro atoms. The van der Waals surface area contributed by atoms with Gasteiger partial charge in [-0.15, -0.1) is 0 Å². The van der Waals surface area contributed by atoms with E-state index in [0.717, 1.165) is 13.2 Å². The van der Waals surface area contributed by atoms with Crippen LogP contribution in [0.4, 0.5) is 0 Å². The molecule has 0 fully saturated rings. The van der Waals surface area contributed by atoms with E-state index < -0.39 is 0 Å². The van der Waals surface area contributed by atoms with Gasteiger partial charge in [0.25, 0.3) is 0 Å². The van der Waals surface area contributed by atoms with E-state index in [1.807, 2.05) is 0 Å². The monoisotopic (exact) mass is 260 g/mol. The van der Waals surface area contributed by atoms with Crippen LogP contribution in [0.2, 0.25) is 0 Å². The second-order valence-electron chi connectivity index (χ2n) is 7.11. The summed E-state index contributed by atoms with van der Waals surface area (Å²) in [5.74, 6) is 1.15. The molecule has 0 saturated carbocycles. The molecule has 0 N–H and O–H groups in total. The van der Waals surface area contributed by atoms with Crippen LogP contribution in [0.1, 0.15) is 82.1 Å². The van der Waals surface area contributed by atoms with Gasteiger partial charge in [-0.2, -0.15) is 0 Å². The molecule has 0 bridgehead atoms. The van der Waals surface area contributed by atoms with Gasteiger partial charge in [0.2, 0.25) is 0 Å². The Morgan fingerprint density at radius 3 is 2.58 bits per heavy atom. The van der Waals surface area contributed by atoms with Crippen LogP contribution in [0.3, 0.4) is 0 Å². The van der Waals surface area contributed by atoms with Crippen molar-refractivity contribution in [1.29, 1.82) is 0 Å². The maximum Gasteiger partial charge on any atom is 0.0720 e. The fourth-order valence-electron chi connectivity index (χ4n) is 2.98. The van der Waals surface area contributed by atoms with E-state index in [-0.39, 0.29) is 5.41 Å². The Bertz CT molecular complexity index is 453. The van der Waals surface area contributed by atoms with E-state index in [0.29, 0.717) is 11.8 Å².